The highest BCUT2D eigenvalue weighted by Crippen LogP contribution is 2.39. The molecule has 5 heterocycles. The van der Waals surface area contributed by atoms with Gasteiger partial charge in [-0.05, 0) is 12.1 Å². The van der Waals surface area contributed by atoms with Crippen LogP contribution in [0.1, 0.15) is 21.3 Å². The molecule has 0 spiro atoms. The number of amides is 1. The van der Waals surface area contributed by atoms with Gasteiger partial charge in [-0.1, -0.05) is 5.16 Å². The molecule has 1 N–H and O–H groups in total. The highest BCUT2D eigenvalue weighted by atomic mass is 32.1. The SMILES string of the molecule is O=C(c1nccnc1N(Cc1ccc(-c2noc(C(F)(F)F)n2)s1)c1cnccn1)N1CC(O)(C(F)(F)F)C1. The monoisotopic (exact) mass is 572 g/mol. The largest absolute Gasteiger partial charge is 0.471 e. The Morgan fingerprint density at radius 1 is 1.08 bits per heavy atom. The molecule has 0 aromatic carbocycles. The molecule has 0 atom stereocenters. The molecule has 1 aliphatic rings. The van der Waals surface area contributed by atoms with Gasteiger partial charge in [0.1, 0.15) is 0 Å². The molecule has 0 saturated carbocycles. The topological polar surface area (TPSA) is 134 Å². The summed E-state index contributed by atoms with van der Waals surface area (Å²) in [5.41, 5.74) is -3.33. The molecule has 1 aliphatic heterocycles. The molecule has 1 fully saturated rings. The van der Waals surface area contributed by atoms with E-state index in [1.807, 2.05) is 0 Å². The van der Waals surface area contributed by atoms with Crippen LogP contribution in [0.4, 0.5) is 38.0 Å². The molecule has 1 saturated heterocycles. The molecule has 204 valence electrons. The van der Waals surface area contributed by atoms with E-state index in [-0.39, 0.29) is 34.6 Å². The second-order valence-electron chi connectivity index (χ2n) is 8.26. The number of rotatable bonds is 6. The number of thiophene rings is 1. The predicted molar refractivity (Wildman–Crippen MR) is 119 cm³/mol. The number of alkyl halides is 6. The Bertz CT molecular complexity index is 1490. The third kappa shape index (κ3) is 5.11. The minimum absolute atomic E-state index is 0.0429. The molecular formula is C21H14F6N8O3S. The van der Waals surface area contributed by atoms with E-state index in [1.54, 1.807) is 6.07 Å². The molecule has 39 heavy (non-hydrogen) atoms. The van der Waals surface area contributed by atoms with E-state index in [2.05, 4.69) is 34.6 Å². The van der Waals surface area contributed by atoms with Crippen LogP contribution in [0.15, 0.2) is 47.6 Å². The van der Waals surface area contributed by atoms with E-state index >= 15 is 0 Å². The number of nitrogens with zero attached hydrogens (tertiary/aromatic N) is 8. The summed E-state index contributed by atoms with van der Waals surface area (Å²) in [4.78, 5) is 35.8. The van der Waals surface area contributed by atoms with Gasteiger partial charge in [-0.25, -0.2) is 15.0 Å². The maximum atomic E-state index is 13.1. The molecule has 0 bridgehead atoms. The Labute approximate surface area is 217 Å². The number of aromatic nitrogens is 6. The molecule has 18 heteroatoms. The third-order valence-corrected chi connectivity index (χ3v) is 6.61. The van der Waals surface area contributed by atoms with E-state index in [4.69, 9.17) is 0 Å². The van der Waals surface area contributed by atoms with E-state index in [9.17, 15) is 36.2 Å². The number of anilines is 2. The van der Waals surface area contributed by atoms with Crippen molar-refractivity contribution in [1.29, 1.82) is 0 Å². The van der Waals surface area contributed by atoms with Gasteiger partial charge < -0.3 is 19.4 Å². The first-order chi connectivity index (χ1) is 18.4. The molecule has 0 radical (unpaired) electrons. The summed E-state index contributed by atoms with van der Waals surface area (Å²) in [6, 6.07) is 3.05. The number of halogens is 6. The van der Waals surface area contributed by atoms with Crippen molar-refractivity contribution in [3.8, 4) is 10.7 Å². The fourth-order valence-electron chi connectivity index (χ4n) is 3.61. The summed E-state index contributed by atoms with van der Waals surface area (Å²) in [6.07, 6.45) is -3.20. The first-order valence-corrected chi connectivity index (χ1v) is 11.6. The zero-order valence-electron chi connectivity index (χ0n) is 19.2. The van der Waals surface area contributed by atoms with Crippen molar-refractivity contribution in [1.82, 2.24) is 35.0 Å². The van der Waals surface area contributed by atoms with Crippen molar-refractivity contribution in [3.63, 3.8) is 0 Å². The van der Waals surface area contributed by atoms with Gasteiger partial charge in [0, 0.05) is 29.7 Å². The zero-order valence-corrected chi connectivity index (χ0v) is 20.0. The minimum atomic E-state index is -4.92. The Balaban J connectivity index is 1.44. The lowest BCUT2D eigenvalue weighted by molar-refractivity contribution is -0.294. The molecule has 4 aromatic rings. The summed E-state index contributed by atoms with van der Waals surface area (Å²) in [6.45, 7) is -2.00. The van der Waals surface area contributed by atoms with Gasteiger partial charge in [0.15, 0.2) is 22.9 Å². The molecular weight excluding hydrogens is 558 g/mol. The van der Waals surface area contributed by atoms with Crippen LogP contribution in [0, 0.1) is 0 Å². The second kappa shape index (κ2) is 9.53. The summed E-state index contributed by atoms with van der Waals surface area (Å²) < 4.78 is 82.0. The molecule has 11 nitrogen and oxygen atoms in total. The summed E-state index contributed by atoms with van der Waals surface area (Å²) >= 11 is 1.02. The van der Waals surface area contributed by atoms with E-state index in [1.165, 1.54) is 42.0 Å². The van der Waals surface area contributed by atoms with E-state index < -0.39 is 42.8 Å². The smallest absolute Gasteiger partial charge is 0.378 e. The van der Waals surface area contributed by atoms with Crippen LogP contribution in [-0.2, 0) is 12.7 Å². The van der Waals surface area contributed by atoms with Crippen molar-refractivity contribution in [2.75, 3.05) is 18.0 Å². The number of aliphatic hydroxyl groups is 1. The van der Waals surface area contributed by atoms with Crippen LogP contribution in [0.2, 0.25) is 0 Å². The van der Waals surface area contributed by atoms with Crippen molar-refractivity contribution in [2.24, 2.45) is 0 Å². The molecule has 5 rings (SSSR count). The van der Waals surface area contributed by atoms with Gasteiger partial charge in [0.05, 0.1) is 30.7 Å². The lowest BCUT2D eigenvalue weighted by Gasteiger charge is -2.46. The van der Waals surface area contributed by atoms with Gasteiger partial charge in [-0.3, -0.25) is 9.78 Å². The van der Waals surface area contributed by atoms with Crippen LogP contribution in [0.25, 0.3) is 10.7 Å². The summed E-state index contributed by atoms with van der Waals surface area (Å²) in [5.74, 6) is -2.57. The maximum absolute atomic E-state index is 13.1. The van der Waals surface area contributed by atoms with Crippen molar-refractivity contribution >= 4 is 28.9 Å². The van der Waals surface area contributed by atoms with Gasteiger partial charge >= 0.3 is 18.2 Å². The molecule has 0 unspecified atom stereocenters. The summed E-state index contributed by atoms with van der Waals surface area (Å²) in [5, 5.41) is 13.1. The highest BCUT2D eigenvalue weighted by Gasteiger charge is 2.62. The molecule has 4 aromatic heterocycles. The van der Waals surface area contributed by atoms with Crippen molar-refractivity contribution < 1.29 is 40.8 Å². The second-order valence-corrected chi connectivity index (χ2v) is 9.42. The minimum Gasteiger partial charge on any atom is -0.378 e. The standard InChI is InChI=1S/C21H14F6N8O3S/c22-20(23,24)18-32-15(33-38-18)12-2-1-11(39-12)8-35(13-7-28-3-4-29-13)16-14(30-5-6-31-16)17(36)34-9-19(37,10-34)21(25,26)27/h1-7,37H,8-10H2. The van der Waals surface area contributed by atoms with Gasteiger partial charge in [0.25, 0.3) is 5.91 Å². The zero-order chi connectivity index (χ0) is 28.0. The number of hydrogen-bond donors (Lipinski definition) is 1. The Morgan fingerprint density at radius 3 is 2.44 bits per heavy atom. The number of hydrogen-bond acceptors (Lipinski definition) is 11. The van der Waals surface area contributed by atoms with Crippen LogP contribution >= 0.6 is 11.3 Å². The van der Waals surface area contributed by atoms with Crippen molar-refractivity contribution in [3.05, 3.63) is 59.6 Å². The maximum Gasteiger partial charge on any atom is 0.471 e. The van der Waals surface area contributed by atoms with Gasteiger partial charge in [-0.2, -0.15) is 31.3 Å². The number of β-amino-alcohol motifs (C(OH)–C–C–N with tert-alkyl or cyclic N) is 1. The van der Waals surface area contributed by atoms with Crippen LogP contribution in [0.3, 0.4) is 0 Å². The fraction of sp³-hybridized carbons (Fsp3) is 0.286. The van der Waals surface area contributed by atoms with Crippen molar-refractivity contribution in [2.45, 2.75) is 24.5 Å². The first kappa shape index (κ1) is 26.4. The van der Waals surface area contributed by atoms with Crippen LogP contribution in [-0.4, -0.2) is 70.9 Å². The molecule has 0 aliphatic carbocycles. The first-order valence-electron chi connectivity index (χ1n) is 10.8. The Kier molecular flexibility index (Phi) is 6.45. The van der Waals surface area contributed by atoms with Gasteiger partial charge in [0.2, 0.25) is 5.82 Å². The average molecular weight is 572 g/mol. The average Bonchev–Trinajstić information content (AvgIpc) is 3.55. The van der Waals surface area contributed by atoms with Gasteiger partial charge in [-0.15, -0.1) is 11.3 Å². The summed E-state index contributed by atoms with van der Waals surface area (Å²) in [7, 11) is 0. The Hall–Kier alpha value is -4.19. The number of carbonyl (C=O) groups is 1. The van der Waals surface area contributed by atoms with E-state index in [0.29, 0.717) is 4.88 Å². The Morgan fingerprint density at radius 2 is 1.79 bits per heavy atom. The number of carbonyl (C=O) groups excluding carboxylic acids is 1. The highest BCUT2D eigenvalue weighted by molar-refractivity contribution is 7.15. The normalized spacial score (nSPS) is 15.2. The lowest BCUT2D eigenvalue weighted by atomic mass is 9.93. The lowest BCUT2D eigenvalue weighted by Crippen LogP contribution is -2.70. The third-order valence-electron chi connectivity index (χ3n) is 5.55. The fourth-order valence-corrected chi connectivity index (χ4v) is 4.53. The quantitative estimate of drug-likeness (QED) is 0.342. The molecule has 1 amide bonds. The van der Waals surface area contributed by atoms with Crippen LogP contribution < -0.4 is 4.90 Å². The van der Waals surface area contributed by atoms with E-state index in [0.717, 1.165) is 16.2 Å². The predicted octanol–water partition coefficient (Wildman–Crippen LogP) is 3.48. The van der Waals surface area contributed by atoms with Crippen LogP contribution in [0.5, 0.6) is 0 Å². The number of likely N-dealkylation sites (tertiary alicyclic amines) is 1.